The van der Waals surface area contributed by atoms with Crippen LogP contribution in [0, 0.1) is 0 Å². The lowest BCUT2D eigenvalue weighted by Gasteiger charge is -2.11. The Labute approximate surface area is 212 Å². The maximum atomic E-state index is 12.3. The van der Waals surface area contributed by atoms with Crippen molar-refractivity contribution in [2.24, 2.45) is 0 Å². The highest BCUT2D eigenvalue weighted by Crippen LogP contribution is 2.32. The van der Waals surface area contributed by atoms with Crippen molar-refractivity contribution in [1.29, 1.82) is 0 Å². The minimum Gasteiger partial charge on any atom is -0.497 e. The third-order valence-corrected chi connectivity index (χ3v) is 6.27. The number of carbonyl (C=O) groups is 1. The molecule has 3 aromatic carbocycles. The minimum absolute atomic E-state index is 0.135. The maximum absolute atomic E-state index is 12.3. The Bertz CT molecular complexity index is 1300. The van der Waals surface area contributed by atoms with Gasteiger partial charge in [0.1, 0.15) is 22.9 Å². The van der Waals surface area contributed by atoms with E-state index in [1.165, 1.54) is 11.8 Å². The topological polar surface area (TPSA) is 86.2 Å². The predicted molar refractivity (Wildman–Crippen MR) is 139 cm³/mol. The number of anilines is 1. The number of hydrogen-bond donors (Lipinski definition) is 1. The standard InChI is InChI=1S/C26H23ClN4O3S/c1-33-19-11-7-17(8-12-19)24-25(18-9-13-20(34-2)14-10-18)30-31-26(29-24)35-16-15-23(32)28-22-6-4-3-5-21(22)27/h3-14H,15-16H2,1-2H3,(H,28,32). The van der Waals surface area contributed by atoms with Crippen LogP contribution in [0.2, 0.25) is 5.02 Å². The number of methoxy groups -OCH3 is 2. The van der Waals surface area contributed by atoms with E-state index in [4.69, 9.17) is 26.1 Å². The number of benzene rings is 3. The molecule has 1 aromatic heterocycles. The third-order valence-electron chi connectivity index (χ3n) is 5.10. The van der Waals surface area contributed by atoms with Gasteiger partial charge < -0.3 is 14.8 Å². The largest absolute Gasteiger partial charge is 0.497 e. The Morgan fingerprint density at radius 3 is 2.06 bits per heavy atom. The average molecular weight is 507 g/mol. The van der Waals surface area contributed by atoms with Gasteiger partial charge in [-0.25, -0.2) is 4.98 Å². The van der Waals surface area contributed by atoms with E-state index in [0.717, 1.165) is 22.6 Å². The molecule has 0 aliphatic carbocycles. The van der Waals surface area contributed by atoms with Crippen LogP contribution in [0.5, 0.6) is 11.5 Å². The molecule has 0 radical (unpaired) electrons. The molecule has 0 saturated carbocycles. The van der Waals surface area contributed by atoms with Crippen LogP contribution < -0.4 is 14.8 Å². The van der Waals surface area contributed by atoms with Crippen LogP contribution in [0.3, 0.4) is 0 Å². The zero-order valence-corrected chi connectivity index (χ0v) is 20.8. The summed E-state index contributed by atoms with van der Waals surface area (Å²) in [5.41, 5.74) is 3.68. The number of carbonyl (C=O) groups excluding carboxylic acids is 1. The van der Waals surface area contributed by atoms with Crippen LogP contribution in [0.15, 0.2) is 78.0 Å². The first-order valence-electron chi connectivity index (χ1n) is 10.8. The number of hydrogen-bond acceptors (Lipinski definition) is 7. The van der Waals surface area contributed by atoms with Crippen LogP contribution in [0.1, 0.15) is 6.42 Å². The third kappa shape index (κ3) is 6.29. The number of nitrogens with zero attached hydrogens (tertiary/aromatic N) is 3. The molecule has 7 nitrogen and oxygen atoms in total. The lowest BCUT2D eigenvalue weighted by atomic mass is 10.0. The van der Waals surface area contributed by atoms with Crippen LogP contribution in [0.25, 0.3) is 22.5 Å². The molecule has 0 aliphatic heterocycles. The SMILES string of the molecule is COc1ccc(-c2nnc(SCCC(=O)Nc3ccccc3Cl)nc2-c2ccc(OC)cc2)cc1. The lowest BCUT2D eigenvalue weighted by molar-refractivity contribution is -0.115. The van der Waals surface area contributed by atoms with Crippen LogP contribution in [-0.4, -0.2) is 41.1 Å². The highest BCUT2D eigenvalue weighted by atomic mass is 35.5. The van der Waals surface area contributed by atoms with E-state index in [1.807, 2.05) is 60.7 Å². The number of halogens is 1. The Morgan fingerprint density at radius 1 is 0.857 bits per heavy atom. The molecule has 0 atom stereocenters. The maximum Gasteiger partial charge on any atom is 0.225 e. The van der Waals surface area contributed by atoms with Crippen LogP contribution >= 0.6 is 23.4 Å². The molecule has 1 N–H and O–H groups in total. The minimum atomic E-state index is -0.135. The first-order valence-corrected chi connectivity index (χ1v) is 12.1. The average Bonchev–Trinajstić information content (AvgIpc) is 2.90. The summed E-state index contributed by atoms with van der Waals surface area (Å²) in [4.78, 5) is 17.1. The molecule has 1 heterocycles. The van der Waals surface area contributed by atoms with E-state index >= 15 is 0 Å². The fourth-order valence-corrected chi connectivity index (χ4v) is 4.18. The first-order chi connectivity index (χ1) is 17.1. The predicted octanol–water partition coefficient (Wildman–Crippen LogP) is 6.00. The Kier molecular flexibility index (Phi) is 8.18. The van der Waals surface area contributed by atoms with Gasteiger partial charge in [-0.15, -0.1) is 10.2 Å². The molecule has 0 saturated heterocycles. The molecule has 9 heteroatoms. The molecule has 0 spiro atoms. The van der Waals surface area contributed by atoms with E-state index in [0.29, 0.717) is 33.0 Å². The zero-order valence-electron chi connectivity index (χ0n) is 19.2. The van der Waals surface area contributed by atoms with Crippen molar-refractivity contribution in [3.05, 3.63) is 77.8 Å². The summed E-state index contributed by atoms with van der Waals surface area (Å²) in [6, 6.07) is 22.3. The van der Waals surface area contributed by atoms with E-state index in [2.05, 4.69) is 15.5 Å². The summed E-state index contributed by atoms with van der Waals surface area (Å²) >= 11 is 7.48. The summed E-state index contributed by atoms with van der Waals surface area (Å²) in [7, 11) is 3.25. The fraction of sp³-hybridized carbons (Fsp3) is 0.154. The van der Waals surface area contributed by atoms with Crippen molar-refractivity contribution in [2.45, 2.75) is 11.6 Å². The molecule has 0 unspecified atom stereocenters. The van der Waals surface area contributed by atoms with E-state index in [1.54, 1.807) is 26.4 Å². The van der Waals surface area contributed by atoms with Gasteiger partial charge in [-0.2, -0.15) is 0 Å². The molecular weight excluding hydrogens is 484 g/mol. The second-order valence-corrected chi connectivity index (χ2v) is 8.84. The van der Waals surface area contributed by atoms with Gasteiger partial charge in [-0.05, 0) is 60.7 Å². The number of ether oxygens (including phenoxy) is 2. The normalized spacial score (nSPS) is 10.6. The summed E-state index contributed by atoms with van der Waals surface area (Å²) in [5.74, 6) is 1.86. The number of nitrogens with one attached hydrogen (secondary N) is 1. The molecular formula is C26H23ClN4O3S. The molecule has 178 valence electrons. The van der Waals surface area contributed by atoms with Gasteiger partial charge in [0.2, 0.25) is 11.1 Å². The molecule has 4 rings (SSSR count). The fourth-order valence-electron chi connectivity index (χ4n) is 3.28. The van der Waals surface area contributed by atoms with Gasteiger partial charge in [0.05, 0.1) is 24.9 Å². The number of para-hydroxylation sites is 1. The second kappa shape index (κ2) is 11.7. The van der Waals surface area contributed by atoms with Gasteiger partial charge in [0.15, 0.2) is 0 Å². The number of amides is 1. The summed E-state index contributed by atoms with van der Waals surface area (Å²) in [6.07, 6.45) is 0.275. The van der Waals surface area contributed by atoms with E-state index in [9.17, 15) is 4.79 Å². The summed E-state index contributed by atoms with van der Waals surface area (Å²) in [6.45, 7) is 0. The number of thioether (sulfide) groups is 1. The van der Waals surface area contributed by atoms with E-state index < -0.39 is 0 Å². The Balaban J connectivity index is 1.52. The van der Waals surface area contributed by atoms with Crippen LogP contribution in [-0.2, 0) is 4.79 Å². The van der Waals surface area contributed by atoms with Crippen molar-refractivity contribution in [3.8, 4) is 34.0 Å². The molecule has 4 aromatic rings. The smallest absolute Gasteiger partial charge is 0.225 e. The Morgan fingerprint density at radius 2 is 1.46 bits per heavy atom. The highest BCUT2D eigenvalue weighted by molar-refractivity contribution is 7.99. The zero-order chi connectivity index (χ0) is 24.6. The summed E-state index contributed by atoms with van der Waals surface area (Å²) in [5, 5.41) is 12.6. The second-order valence-electron chi connectivity index (χ2n) is 7.38. The molecule has 1 amide bonds. The molecule has 0 aliphatic rings. The van der Waals surface area contributed by atoms with Crippen molar-refractivity contribution in [1.82, 2.24) is 15.2 Å². The first kappa shape index (κ1) is 24.5. The number of rotatable bonds is 9. The van der Waals surface area contributed by atoms with Gasteiger partial charge in [-0.3, -0.25) is 4.79 Å². The van der Waals surface area contributed by atoms with E-state index in [-0.39, 0.29) is 12.3 Å². The van der Waals surface area contributed by atoms with Crippen LogP contribution in [0.4, 0.5) is 5.69 Å². The Hall–Kier alpha value is -3.62. The quantitative estimate of drug-likeness (QED) is 0.279. The monoisotopic (exact) mass is 506 g/mol. The van der Waals surface area contributed by atoms with Gasteiger partial charge in [-0.1, -0.05) is 35.5 Å². The molecule has 0 bridgehead atoms. The number of aromatic nitrogens is 3. The van der Waals surface area contributed by atoms with Crippen molar-refractivity contribution < 1.29 is 14.3 Å². The summed E-state index contributed by atoms with van der Waals surface area (Å²) < 4.78 is 10.5. The highest BCUT2D eigenvalue weighted by Gasteiger charge is 2.15. The van der Waals surface area contributed by atoms with Crippen molar-refractivity contribution >= 4 is 35.0 Å². The van der Waals surface area contributed by atoms with Crippen molar-refractivity contribution in [3.63, 3.8) is 0 Å². The van der Waals surface area contributed by atoms with Gasteiger partial charge in [0, 0.05) is 23.3 Å². The van der Waals surface area contributed by atoms with Gasteiger partial charge >= 0.3 is 0 Å². The van der Waals surface area contributed by atoms with Crippen molar-refractivity contribution in [2.75, 3.05) is 25.3 Å². The van der Waals surface area contributed by atoms with Gasteiger partial charge in [0.25, 0.3) is 0 Å². The molecule has 0 fully saturated rings. The molecule has 35 heavy (non-hydrogen) atoms. The lowest BCUT2D eigenvalue weighted by Crippen LogP contribution is -2.12.